The number of nitrogens with zero attached hydrogens (tertiary/aromatic N) is 1. The van der Waals surface area contributed by atoms with Crippen molar-refractivity contribution in [3.05, 3.63) is 23.2 Å². The Morgan fingerprint density at radius 1 is 1.33 bits per heavy atom. The standard InChI is InChI=1S/C13H18ClN3O/c14-10-5-4-6-11(13(10)15)16-9-12(18)17-7-2-1-3-8-17/h4-6,16H,1-3,7-9,15H2. The zero-order chi connectivity index (χ0) is 13.0. The molecular formula is C13H18ClN3O. The fourth-order valence-electron chi connectivity index (χ4n) is 2.12. The zero-order valence-electron chi connectivity index (χ0n) is 10.3. The Bertz CT molecular complexity index is 430. The predicted octanol–water partition coefficient (Wildman–Crippen LogP) is 2.35. The van der Waals surface area contributed by atoms with Crippen molar-refractivity contribution in [3.8, 4) is 0 Å². The van der Waals surface area contributed by atoms with Crippen LogP contribution in [0.4, 0.5) is 11.4 Å². The minimum atomic E-state index is 0.120. The van der Waals surface area contributed by atoms with E-state index < -0.39 is 0 Å². The molecule has 1 aliphatic rings. The summed E-state index contributed by atoms with van der Waals surface area (Å²) in [6.07, 6.45) is 3.43. The van der Waals surface area contributed by atoms with Gasteiger partial charge >= 0.3 is 0 Å². The summed E-state index contributed by atoms with van der Waals surface area (Å²) in [5.74, 6) is 0.120. The van der Waals surface area contributed by atoms with Crippen molar-refractivity contribution >= 4 is 28.9 Å². The normalized spacial score (nSPS) is 15.5. The summed E-state index contributed by atoms with van der Waals surface area (Å²) in [5.41, 5.74) is 7.03. The van der Waals surface area contributed by atoms with Gasteiger partial charge in [-0.15, -0.1) is 0 Å². The van der Waals surface area contributed by atoms with Crippen LogP contribution in [0, 0.1) is 0 Å². The van der Waals surface area contributed by atoms with Gasteiger partial charge in [0.1, 0.15) is 0 Å². The van der Waals surface area contributed by atoms with Crippen molar-refractivity contribution in [2.75, 3.05) is 30.7 Å². The van der Waals surface area contributed by atoms with Crippen molar-refractivity contribution in [1.29, 1.82) is 0 Å². The minimum Gasteiger partial charge on any atom is -0.396 e. The summed E-state index contributed by atoms with van der Waals surface area (Å²) in [7, 11) is 0. The molecule has 0 radical (unpaired) electrons. The molecule has 1 fully saturated rings. The molecule has 1 aromatic rings. The third-order valence-corrected chi connectivity index (χ3v) is 3.52. The lowest BCUT2D eigenvalue weighted by Crippen LogP contribution is -2.39. The maximum Gasteiger partial charge on any atom is 0.241 e. The Kier molecular flexibility index (Phi) is 4.31. The molecule has 4 nitrogen and oxygen atoms in total. The van der Waals surface area contributed by atoms with Crippen molar-refractivity contribution in [2.24, 2.45) is 0 Å². The summed E-state index contributed by atoms with van der Waals surface area (Å²) in [6.45, 7) is 2.00. The second-order valence-electron chi connectivity index (χ2n) is 4.50. The molecule has 0 atom stereocenters. The number of likely N-dealkylation sites (tertiary alicyclic amines) is 1. The molecule has 2 rings (SSSR count). The highest BCUT2D eigenvalue weighted by molar-refractivity contribution is 6.33. The first-order valence-corrected chi connectivity index (χ1v) is 6.62. The van der Waals surface area contributed by atoms with E-state index in [1.807, 2.05) is 17.0 Å². The third kappa shape index (κ3) is 3.07. The first-order chi connectivity index (χ1) is 8.68. The van der Waals surface area contributed by atoms with Gasteiger partial charge in [-0.1, -0.05) is 17.7 Å². The average Bonchev–Trinajstić information content (AvgIpc) is 2.41. The largest absolute Gasteiger partial charge is 0.396 e. The molecule has 1 aromatic carbocycles. The minimum absolute atomic E-state index is 0.120. The maximum absolute atomic E-state index is 12.0. The molecule has 0 aromatic heterocycles. The molecule has 98 valence electrons. The van der Waals surface area contributed by atoms with Crippen LogP contribution in [0.3, 0.4) is 0 Å². The highest BCUT2D eigenvalue weighted by Crippen LogP contribution is 2.26. The topological polar surface area (TPSA) is 58.4 Å². The molecule has 1 saturated heterocycles. The maximum atomic E-state index is 12.0. The van der Waals surface area contributed by atoms with Gasteiger partial charge in [-0.3, -0.25) is 4.79 Å². The highest BCUT2D eigenvalue weighted by Gasteiger charge is 2.16. The highest BCUT2D eigenvalue weighted by atomic mass is 35.5. The number of hydrogen-bond donors (Lipinski definition) is 2. The van der Waals surface area contributed by atoms with Crippen molar-refractivity contribution in [3.63, 3.8) is 0 Å². The lowest BCUT2D eigenvalue weighted by molar-refractivity contribution is -0.130. The van der Waals surface area contributed by atoms with Gasteiger partial charge in [0, 0.05) is 13.1 Å². The Balaban J connectivity index is 1.90. The fraction of sp³-hybridized carbons (Fsp3) is 0.462. The summed E-state index contributed by atoms with van der Waals surface area (Å²) >= 11 is 5.92. The molecule has 1 amide bonds. The van der Waals surface area contributed by atoms with Gasteiger partial charge in [0.25, 0.3) is 0 Å². The molecular weight excluding hydrogens is 250 g/mol. The number of benzene rings is 1. The van der Waals surface area contributed by atoms with Crippen LogP contribution >= 0.6 is 11.6 Å². The van der Waals surface area contributed by atoms with Gasteiger partial charge in [0.15, 0.2) is 0 Å². The molecule has 1 aliphatic heterocycles. The predicted molar refractivity (Wildman–Crippen MR) is 74.8 cm³/mol. The first kappa shape index (κ1) is 13.0. The van der Waals surface area contributed by atoms with Crippen LogP contribution in [0.5, 0.6) is 0 Å². The van der Waals surface area contributed by atoms with E-state index in [-0.39, 0.29) is 12.5 Å². The molecule has 0 aliphatic carbocycles. The average molecular weight is 268 g/mol. The zero-order valence-corrected chi connectivity index (χ0v) is 11.0. The number of nitrogen functional groups attached to an aromatic ring is 1. The van der Waals surface area contributed by atoms with Crippen LogP contribution in [0.2, 0.25) is 5.02 Å². The molecule has 0 saturated carbocycles. The first-order valence-electron chi connectivity index (χ1n) is 6.24. The van der Waals surface area contributed by atoms with E-state index in [9.17, 15) is 4.79 Å². The van der Waals surface area contributed by atoms with Crippen molar-refractivity contribution < 1.29 is 4.79 Å². The molecule has 18 heavy (non-hydrogen) atoms. The molecule has 0 unspecified atom stereocenters. The van der Waals surface area contributed by atoms with Gasteiger partial charge in [-0.25, -0.2) is 0 Å². The molecule has 1 heterocycles. The summed E-state index contributed by atoms with van der Waals surface area (Å²) in [5, 5.41) is 3.56. The van der Waals surface area contributed by atoms with E-state index in [4.69, 9.17) is 17.3 Å². The number of carbonyl (C=O) groups is 1. The monoisotopic (exact) mass is 267 g/mol. The molecule has 3 N–H and O–H groups in total. The Morgan fingerprint density at radius 2 is 2.06 bits per heavy atom. The van der Waals surface area contributed by atoms with E-state index in [1.54, 1.807) is 6.07 Å². The van der Waals surface area contributed by atoms with Crippen molar-refractivity contribution in [1.82, 2.24) is 4.90 Å². The van der Waals surface area contributed by atoms with Gasteiger partial charge in [0.05, 0.1) is 22.9 Å². The summed E-state index contributed by atoms with van der Waals surface area (Å²) < 4.78 is 0. The van der Waals surface area contributed by atoms with E-state index in [0.29, 0.717) is 16.4 Å². The number of rotatable bonds is 3. The van der Waals surface area contributed by atoms with Gasteiger partial charge in [0.2, 0.25) is 5.91 Å². The summed E-state index contributed by atoms with van der Waals surface area (Å²) in [4.78, 5) is 13.9. The number of para-hydroxylation sites is 1. The van der Waals surface area contributed by atoms with Crippen molar-refractivity contribution in [2.45, 2.75) is 19.3 Å². The SMILES string of the molecule is Nc1c(Cl)cccc1NCC(=O)N1CCCCC1. The molecule has 0 spiro atoms. The number of piperidine rings is 1. The number of carbonyl (C=O) groups excluding carboxylic acids is 1. The smallest absolute Gasteiger partial charge is 0.241 e. The number of nitrogens with one attached hydrogen (secondary N) is 1. The van der Waals surface area contributed by atoms with Gasteiger partial charge in [-0.2, -0.15) is 0 Å². The van der Waals surface area contributed by atoms with E-state index in [0.717, 1.165) is 25.9 Å². The van der Waals surface area contributed by atoms with Crippen LogP contribution < -0.4 is 11.1 Å². The van der Waals surface area contributed by atoms with Gasteiger partial charge < -0.3 is 16.0 Å². The third-order valence-electron chi connectivity index (χ3n) is 3.19. The number of nitrogens with two attached hydrogens (primary N) is 1. The van der Waals surface area contributed by atoms with Gasteiger partial charge in [-0.05, 0) is 31.4 Å². The lowest BCUT2D eigenvalue weighted by Gasteiger charge is -2.27. The van der Waals surface area contributed by atoms with Crippen LogP contribution in [-0.2, 0) is 4.79 Å². The second-order valence-corrected chi connectivity index (χ2v) is 4.90. The number of halogens is 1. The number of amides is 1. The lowest BCUT2D eigenvalue weighted by atomic mass is 10.1. The van der Waals surface area contributed by atoms with Crippen LogP contribution in [0.1, 0.15) is 19.3 Å². The second kappa shape index (κ2) is 5.96. The van der Waals surface area contributed by atoms with E-state index in [2.05, 4.69) is 5.32 Å². The number of anilines is 2. The fourth-order valence-corrected chi connectivity index (χ4v) is 2.29. The van der Waals surface area contributed by atoms with E-state index in [1.165, 1.54) is 6.42 Å². The number of hydrogen-bond acceptors (Lipinski definition) is 3. The molecule has 0 bridgehead atoms. The van der Waals surface area contributed by atoms with Crippen LogP contribution in [-0.4, -0.2) is 30.4 Å². The Morgan fingerprint density at radius 3 is 2.78 bits per heavy atom. The van der Waals surface area contributed by atoms with Crippen LogP contribution in [0.25, 0.3) is 0 Å². The summed E-state index contributed by atoms with van der Waals surface area (Å²) in [6, 6.07) is 5.37. The van der Waals surface area contributed by atoms with Crippen LogP contribution in [0.15, 0.2) is 18.2 Å². The Labute approximate surface area is 112 Å². The Hall–Kier alpha value is -1.42. The quantitative estimate of drug-likeness (QED) is 0.827. The molecule has 5 heteroatoms. The van der Waals surface area contributed by atoms with E-state index >= 15 is 0 Å².